The second kappa shape index (κ2) is 10.1. The monoisotopic (exact) mass is 295 g/mol. The van der Waals surface area contributed by atoms with Crippen LogP contribution in [-0.2, 0) is 0 Å². The van der Waals surface area contributed by atoms with Crippen LogP contribution in [0, 0.1) is 0 Å². The Hall–Kier alpha value is -0.670. The van der Waals surface area contributed by atoms with Gasteiger partial charge in [0.25, 0.3) is 0 Å². The number of aliphatic imine (C=N–C) groups is 1. The Kier molecular flexibility index (Phi) is 8.86. The van der Waals surface area contributed by atoms with Crippen molar-refractivity contribution >= 4 is 5.84 Å². The summed E-state index contributed by atoms with van der Waals surface area (Å²) >= 11 is 0. The average molecular weight is 295 g/mol. The number of hydrogen-bond acceptors (Lipinski definition) is 2. The summed E-state index contributed by atoms with van der Waals surface area (Å²) in [5.74, 6) is 1.07. The number of unbranched alkanes of at least 4 members (excludes halogenated alkanes) is 7. The van der Waals surface area contributed by atoms with E-state index in [-0.39, 0.29) is 6.23 Å². The van der Waals surface area contributed by atoms with Gasteiger partial charge in [0, 0.05) is 13.0 Å². The van der Waals surface area contributed by atoms with Gasteiger partial charge in [-0.3, -0.25) is 0 Å². The molecule has 0 aromatic carbocycles. The largest absolute Gasteiger partial charge is 0.345 e. The Morgan fingerprint density at radius 3 is 2.43 bits per heavy atom. The van der Waals surface area contributed by atoms with Crippen molar-refractivity contribution in [3.05, 3.63) is 12.2 Å². The molecule has 122 valence electrons. The van der Waals surface area contributed by atoms with Gasteiger partial charge in [0.15, 0.2) is 6.23 Å². The van der Waals surface area contributed by atoms with Crippen molar-refractivity contribution in [1.82, 2.24) is 0 Å². The first-order valence-electron chi connectivity index (χ1n) is 8.93. The molecule has 0 aromatic rings. The van der Waals surface area contributed by atoms with Crippen LogP contribution in [0.1, 0.15) is 72.1 Å². The summed E-state index contributed by atoms with van der Waals surface area (Å²) in [6.45, 7) is 8.98. The van der Waals surface area contributed by atoms with Crippen LogP contribution in [-0.4, -0.2) is 41.3 Å². The molecule has 1 rings (SSSR count). The number of rotatable bonds is 11. The maximum absolute atomic E-state index is 10.1. The second-order valence-electron chi connectivity index (χ2n) is 6.26. The van der Waals surface area contributed by atoms with E-state index >= 15 is 0 Å². The molecule has 0 bridgehead atoms. The highest BCUT2D eigenvalue weighted by molar-refractivity contribution is 5.88. The molecule has 1 aliphatic heterocycles. The Balaban J connectivity index is 2.24. The van der Waals surface area contributed by atoms with Crippen molar-refractivity contribution < 1.29 is 9.59 Å². The van der Waals surface area contributed by atoms with Crippen LogP contribution in [0.5, 0.6) is 0 Å². The molecule has 0 radical (unpaired) electrons. The minimum atomic E-state index is -0.362. The fraction of sp³-hybridized carbons (Fsp3) is 0.833. The second-order valence-corrected chi connectivity index (χ2v) is 6.26. The van der Waals surface area contributed by atoms with Crippen LogP contribution in [0.2, 0.25) is 0 Å². The fourth-order valence-corrected chi connectivity index (χ4v) is 3.17. The molecule has 2 atom stereocenters. The lowest BCUT2D eigenvalue weighted by Crippen LogP contribution is -2.56. The molecule has 0 fully saturated rings. The first-order chi connectivity index (χ1) is 10.2. The van der Waals surface area contributed by atoms with E-state index in [0.29, 0.717) is 4.48 Å². The van der Waals surface area contributed by atoms with Gasteiger partial charge in [-0.2, -0.15) is 0 Å². The van der Waals surface area contributed by atoms with Crippen molar-refractivity contribution in [2.75, 3.05) is 19.6 Å². The van der Waals surface area contributed by atoms with Crippen molar-refractivity contribution in [2.24, 2.45) is 4.99 Å². The highest BCUT2D eigenvalue weighted by Gasteiger charge is 2.39. The van der Waals surface area contributed by atoms with E-state index in [1.807, 2.05) is 6.92 Å². The van der Waals surface area contributed by atoms with Gasteiger partial charge in [0.05, 0.1) is 13.1 Å². The van der Waals surface area contributed by atoms with E-state index in [2.05, 4.69) is 31.0 Å². The van der Waals surface area contributed by atoms with Gasteiger partial charge < -0.3 is 5.11 Å². The van der Waals surface area contributed by atoms with Crippen molar-refractivity contribution in [3.63, 3.8) is 0 Å². The van der Waals surface area contributed by atoms with Crippen LogP contribution in [0.15, 0.2) is 17.1 Å². The Bertz CT molecular complexity index is 336. The van der Waals surface area contributed by atoms with Crippen LogP contribution < -0.4 is 0 Å². The summed E-state index contributed by atoms with van der Waals surface area (Å²) in [5.41, 5.74) is 0. The van der Waals surface area contributed by atoms with Gasteiger partial charge in [0.2, 0.25) is 5.84 Å². The van der Waals surface area contributed by atoms with Gasteiger partial charge in [-0.05, 0) is 19.8 Å². The third kappa shape index (κ3) is 5.55. The Labute approximate surface area is 131 Å². The quantitative estimate of drug-likeness (QED) is 0.448. The van der Waals surface area contributed by atoms with Crippen LogP contribution in [0.4, 0.5) is 0 Å². The molecule has 3 nitrogen and oxygen atoms in total. The number of aliphatic hydroxyl groups is 1. The fourth-order valence-electron chi connectivity index (χ4n) is 3.17. The maximum atomic E-state index is 10.1. The van der Waals surface area contributed by atoms with E-state index in [1.54, 1.807) is 0 Å². The number of quaternary nitrogens is 1. The molecule has 1 heterocycles. The standard InChI is InChI=1S/C18H35N2O/c1-4-6-7-8-9-10-11-12-13-14-18-19-15-16-20(18,5-2)17(3)21/h13-14,17,21H,4-12,15-16H2,1-3H3/q+1/b14-13+. The lowest BCUT2D eigenvalue weighted by atomic mass is 10.1. The molecule has 0 aliphatic carbocycles. The topological polar surface area (TPSA) is 32.6 Å². The molecular formula is C18H35N2O+. The van der Waals surface area contributed by atoms with Gasteiger partial charge in [0.1, 0.15) is 6.54 Å². The van der Waals surface area contributed by atoms with Crippen molar-refractivity contribution in [1.29, 1.82) is 0 Å². The zero-order valence-corrected chi connectivity index (χ0v) is 14.4. The first kappa shape index (κ1) is 18.4. The Morgan fingerprint density at radius 1 is 1.14 bits per heavy atom. The number of nitrogens with zero attached hydrogens (tertiary/aromatic N) is 2. The summed E-state index contributed by atoms with van der Waals surface area (Å²) < 4.78 is 0.632. The number of allylic oxidation sites excluding steroid dienone is 1. The SMILES string of the molecule is CCCCCCCCC/C=C/C1=NCC[N+]1(CC)C(C)O. The highest BCUT2D eigenvalue weighted by atomic mass is 16.3. The molecule has 1 N–H and O–H groups in total. The summed E-state index contributed by atoms with van der Waals surface area (Å²) in [6, 6.07) is 0. The van der Waals surface area contributed by atoms with E-state index in [1.165, 1.54) is 44.9 Å². The number of hydrogen-bond donors (Lipinski definition) is 1. The molecule has 0 saturated heterocycles. The summed E-state index contributed by atoms with van der Waals surface area (Å²) in [6.07, 6.45) is 14.7. The van der Waals surface area contributed by atoms with Crippen LogP contribution >= 0.6 is 0 Å². The van der Waals surface area contributed by atoms with Crippen molar-refractivity contribution in [2.45, 2.75) is 78.4 Å². The predicted octanol–water partition coefficient (Wildman–Crippen LogP) is 4.27. The number of aliphatic hydroxyl groups excluding tert-OH is 1. The van der Waals surface area contributed by atoms with Gasteiger partial charge in [-0.25, -0.2) is 9.48 Å². The molecule has 2 unspecified atom stereocenters. The van der Waals surface area contributed by atoms with E-state index in [0.717, 1.165) is 31.9 Å². The van der Waals surface area contributed by atoms with Gasteiger partial charge >= 0.3 is 0 Å². The first-order valence-corrected chi connectivity index (χ1v) is 8.93. The Morgan fingerprint density at radius 2 is 1.81 bits per heavy atom. The smallest absolute Gasteiger partial charge is 0.224 e. The van der Waals surface area contributed by atoms with Crippen LogP contribution in [0.25, 0.3) is 0 Å². The molecular weight excluding hydrogens is 260 g/mol. The zero-order chi connectivity index (χ0) is 15.6. The molecule has 3 heteroatoms. The molecule has 0 aromatic heterocycles. The molecule has 0 amide bonds. The minimum absolute atomic E-state index is 0.362. The molecule has 1 aliphatic rings. The van der Waals surface area contributed by atoms with E-state index < -0.39 is 0 Å². The molecule has 0 spiro atoms. The highest BCUT2D eigenvalue weighted by Crippen LogP contribution is 2.20. The summed E-state index contributed by atoms with van der Waals surface area (Å²) in [5, 5.41) is 10.1. The predicted molar refractivity (Wildman–Crippen MR) is 91.4 cm³/mol. The minimum Gasteiger partial charge on any atom is -0.345 e. The lowest BCUT2D eigenvalue weighted by molar-refractivity contribution is -0.880. The van der Waals surface area contributed by atoms with Gasteiger partial charge in [-0.1, -0.05) is 51.5 Å². The van der Waals surface area contributed by atoms with E-state index in [9.17, 15) is 5.11 Å². The number of amidine groups is 1. The third-order valence-electron chi connectivity index (χ3n) is 4.75. The zero-order valence-electron chi connectivity index (χ0n) is 14.4. The normalized spacial score (nSPS) is 23.7. The van der Waals surface area contributed by atoms with Crippen molar-refractivity contribution in [3.8, 4) is 0 Å². The molecule has 21 heavy (non-hydrogen) atoms. The average Bonchev–Trinajstić information content (AvgIpc) is 2.89. The lowest BCUT2D eigenvalue weighted by Gasteiger charge is -2.35. The summed E-state index contributed by atoms with van der Waals surface area (Å²) in [7, 11) is 0. The third-order valence-corrected chi connectivity index (χ3v) is 4.75. The van der Waals surface area contributed by atoms with E-state index in [4.69, 9.17) is 0 Å². The maximum Gasteiger partial charge on any atom is 0.224 e. The summed E-state index contributed by atoms with van der Waals surface area (Å²) in [4.78, 5) is 4.59. The molecule has 0 saturated carbocycles. The number of likely N-dealkylation sites (N-methyl/N-ethyl adjacent to an activating group) is 1. The van der Waals surface area contributed by atoms with Crippen LogP contribution in [0.3, 0.4) is 0 Å². The van der Waals surface area contributed by atoms with Gasteiger partial charge in [-0.15, -0.1) is 0 Å².